The second kappa shape index (κ2) is 4.63. The van der Waals surface area contributed by atoms with Crippen molar-refractivity contribution in [1.82, 2.24) is 4.98 Å². The predicted molar refractivity (Wildman–Crippen MR) is 56.6 cm³/mol. The van der Waals surface area contributed by atoms with Crippen molar-refractivity contribution in [1.29, 1.82) is 0 Å². The molecule has 0 radical (unpaired) electrons. The van der Waals surface area contributed by atoms with Crippen molar-refractivity contribution < 1.29 is 13.5 Å². The monoisotopic (exact) mass is 228 g/mol. The Kier molecular flexibility index (Phi) is 3.22. The molecule has 0 aliphatic heterocycles. The first-order chi connectivity index (χ1) is 7.70. The third-order valence-electron chi connectivity index (χ3n) is 2.71. The summed E-state index contributed by atoms with van der Waals surface area (Å²) < 4.78 is 31.9. The van der Waals surface area contributed by atoms with E-state index in [1.807, 2.05) is 0 Å². The average molecular weight is 228 g/mol. The van der Waals surface area contributed by atoms with Gasteiger partial charge >= 0.3 is 0 Å². The second-order valence-corrected chi connectivity index (χ2v) is 3.88. The highest BCUT2D eigenvalue weighted by atomic mass is 19.1. The first-order valence-electron chi connectivity index (χ1n) is 5.41. The van der Waals surface area contributed by atoms with Gasteiger partial charge in [-0.25, -0.2) is 8.78 Å². The molecule has 1 heterocycles. The standard InChI is InChI=1S/C11H14F2N2O/c1-14-10-8(12)6-9(13)11(15-10)16-7-4-2-3-5-7/h6-7H,2-5H2,1H3,(H,14,15). The first kappa shape index (κ1) is 11.1. The molecule has 16 heavy (non-hydrogen) atoms. The van der Waals surface area contributed by atoms with Crippen LogP contribution in [0, 0.1) is 11.6 Å². The van der Waals surface area contributed by atoms with Crippen LogP contribution in [0.15, 0.2) is 6.07 Å². The van der Waals surface area contributed by atoms with Gasteiger partial charge in [-0.1, -0.05) is 0 Å². The van der Waals surface area contributed by atoms with Crippen LogP contribution in [0.2, 0.25) is 0 Å². The van der Waals surface area contributed by atoms with Gasteiger partial charge in [0.05, 0.1) is 0 Å². The summed E-state index contributed by atoms with van der Waals surface area (Å²) in [6.45, 7) is 0. The summed E-state index contributed by atoms with van der Waals surface area (Å²) in [5, 5.41) is 2.55. The van der Waals surface area contributed by atoms with Gasteiger partial charge in [0.25, 0.3) is 5.88 Å². The fourth-order valence-electron chi connectivity index (χ4n) is 1.87. The molecule has 0 spiro atoms. The van der Waals surface area contributed by atoms with Crippen molar-refractivity contribution in [2.45, 2.75) is 31.8 Å². The molecule has 1 aromatic heterocycles. The largest absolute Gasteiger partial charge is 0.472 e. The van der Waals surface area contributed by atoms with E-state index in [9.17, 15) is 8.78 Å². The fraction of sp³-hybridized carbons (Fsp3) is 0.545. The summed E-state index contributed by atoms with van der Waals surface area (Å²) in [5.41, 5.74) is 0. The maximum absolute atomic E-state index is 13.4. The number of halogens is 2. The van der Waals surface area contributed by atoms with E-state index in [1.165, 1.54) is 7.05 Å². The first-order valence-corrected chi connectivity index (χ1v) is 5.41. The van der Waals surface area contributed by atoms with Gasteiger partial charge in [0.1, 0.15) is 6.10 Å². The van der Waals surface area contributed by atoms with Gasteiger partial charge in [0.15, 0.2) is 17.5 Å². The van der Waals surface area contributed by atoms with Gasteiger partial charge in [-0.2, -0.15) is 4.98 Å². The zero-order chi connectivity index (χ0) is 11.5. The average Bonchev–Trinajstić information content (AvgIpc) is 2.75. The number of nitrogens with one attached hydrogen (secondary N) is 1. The second-order valence-electron chi connectivity index (χ2n) is 3.88. The molecular weight excluding hydrogens is 214 g/mol. The van der Waals surface area contributed by atoms with Crippen molar-refractivity contribution in [2.24, 2.45) is 0 Å². The van der Waals surface area contributed by atoms with Gasteiger partial charge in [-0.3, -0.25) is 0 Å². The van der Waals surface area contributed by atoms with Gasteiger partial charge in [-0.05, 0) is 25.7 Å². The summed E-state index contributed by atoms with van der Waals surface area (Å²) >= 11 is 0. The number of aromatic nitrogens is 1. The molecule has 0 unspecified atom stereocenters. The predicted octanol–water partition coefficient (Wildman–Crippen LogP) is 2.72. The molecule has 0 atom stereocenters. The van der Waals surface area contributed by atoms with Crippen LogP contribution >= 0.6 is 0 Å². The molecular formula is C11H14F2N2O. The van der Waals surface area contributed by atoms with Crippen LogP contribution in [-0.2, 0) is 0 Å². The minimum Gasteiger partial charge on any atom is -0.472 e. The van der Waals surface area contributed by atoms with E-state index < -0.39 is 11.6 Å². The van der Waals surface area contributed by atoms with Crippen LogP contribution in [-0.4, -0.2) is 18.1 Å². The molecule has 1 aliphatic rings. The number of rotatable bonds is 3. The number of anilines is 1. The highest BCUT2D eigenvalue weighted by Gasteiger charge is 2.20. The van der Waals surface area contributed by atoms with Crippen LogP contribution in [0.1, 0.15) is 25.7 Å². The zero-order valence-corrected chi connectivity index (χ0v) is 9.09. The zero-order valence-electron chi connectivity index (χ0n) is 9.09. The number of pyridine rings is 1. The minimum atomic E-state index is -0.747. The Morgan fingerprint density at radius 3 is 2.62 bits per heavy atom. The van der Waals surface area contributed by atoms with E-state index in [2.05, 4.69) is 10.3 Å². The number of hydrogen-bond acceptors (Lipinski definition) is 3. The number of hydrogen-bond donors (Lipinski definition) is 1. The Labute approximate surface area is 92.8 Å². The summed E-state index contributed by atoms with van der Waals surface area (Å²) in [6.07, 6.45) is 4.01. The highest BCUT2D eigenvalue weighted by molar-refractivity contribution is 5.38. The van der Waals surface area contributed by atoms with Crippen molar-refractivity contribution in [3.63, 3.8) is 0 Å². The van der Waals surface area contributed by atoms with Crippen molar-refractivity contribution >= 4 is 5.82 Å². The van der Waals surface area contributed by atoms with E-state index in [1.54, 1.807) is 0 Å². The molecule has 0 aromatic carbocycles. The Morgan fingerprint density at radius 1 is 1.31 bits per heavy atom. The highest BCUT2D eigenvalue weighted by Crippen LogP contribution is 2.26. The Morgan fingerprint density at radius 2 is 2.00 bits per heavy atom. The maximum Gasteiger partial charge on any atom is 0.252 e. The SMILES string of the molecule is CNc1nc(OC2CCCC2)c(F)cc1F. The van der Waals surface area contributed by atoms with Crippen molar-refractivity contribution in [3.8, 4) is 5.88 Å². The molecule has 0 saturated heterocycles. The lowest BCUT2D eigenvalue weighted by molar-refractivity contribution is 0.191. The van der Waals surface area contributed by atoms with Gasteiger partial charge < -0.3 is 10.1 Å². The number of ether oxygens (including phenoxy) is 1. The molecule has 1 saturated carbocycles. The van der Waals surface area contributed by atoms with Crippen molar-refractivity contribution in [3.05, 3.63) is 17.7 Å². The molecule has 2 rings (SSSR count). The number of nitrogens with zero attached hydrogens (tertiary/aromatic N) is 1. The normalized spacial score (nSPS) is 16.4. The molecule has 0 amide bonds. The van der Waals surface area contributed by atoms with E-state index in [0.29, 0.717) is 0 Å². The minimum absolute atomic E-state index is 0.00870. The lowest BCUT2D eigenvalue weighted by Gasteiger charge is -2.13. The Balaban J connectivity index is 2.18. The molecule has 5 heteroatoms. The van der Waals surface area contributed by atoms with Crippen LogP contribution < -0.4 is 10.1 Å². The molecule has 1 aromatic rings. The molecule has 88 valence electrons. The Hall–Kier alpha value is -1.39. The van der Waals surface area contributed by atoms with E-state index in [0.717, 1.165) is 31.7 Å². The lowest BCUT2D eigenvalue weighted by Crippen LogP contribution is -2.14. The summed E-state index contributed by atoms with van der Waals surface area (Å²) in [6, 6.07) is 0.795. The third-order valence-corrected chi connectivity index (χ3v) is 2.71. The Bertz CT molecular complexity index is 378. The maximum atomic E-state index is 13.4. The topological polar surface area (TPSA) is 34.2 Å². The quantitative estimate of drug-likeness (QED) is 0.863. The van der Waals surface area contributed by atoms with E-state index in [4.69, 9.17) is 4.74 Å². The van der Waals surface area contributed by atoms with E-state index >= 15 is 0 Å². The fourth-order valence-corrected chi connectivity index (χ4v) is 1.87. The molecule has 1 N–H and O–H groups in total. The van der Waals surface area contributed by atoms with Crippen molar-refractivity contribution in [2.75, 3.05) is 12.4 Å². The molecule has 1 aliphatic carbocycles. The third kappa shape index (κ3) is 2.23. The summed E-state index contributed by atoms with van der Waals surface area (Å²) in [4.78, 5) is 3.77. The van der Waals surface area contributed by atoms with Gasteiger partial charge in [-0.15, -0.1) is 0 Å². The molecule has 1 fully saturated rings. The summed E-state index contributed by atoms with van der Waals surface area (Å²) in [5.74, 6) is -1.56. The van der Waals surface area contributed by atoms with Crippen LogP contribution in [0.25, 0.3) is 0 Å². The van der Waals surface area contributed by atoms with E-state index in [-0.39, 0.29) is 17.8 Å². The van der Waals surface area contributed by atoms with Crippen LogP contribution in [0.4, 0.5) is 14.6 Å². The smallest absolute Gasteiger partial charge is 0.252 e. The van der Waals surface area contributed by atoms with Crippen LogP contribution in [0.3, 0.4) is 0 Å². The van der Waals surface area contributed by atoms with Gasteiger partial charge in [0.2, 0.25) is 0 Å². The van der Waals surface area contributed by atoms with Crippen LogP contribution in [0.5, 0.6) is 5.88 Å². The van der Waals surface area contributed by atoms with Gasteiger partial charge in [0, 0.05) is 13.1 Å². The molecule has 0 bridgehead atoms. The lowest BCUT2D eigenvalue weighted by atomic mass is 10.3. The molecule has 3 nitrogen and oxygen atoms in total. The summed E-state index contributed by atoms with van der Waals surface area (Å²) in [7, 11) is 1.53.